The molecule has 2 aromatic heterocycles. The summed E-state index contributed by atoms with van der Waals surface area (Å²) in [6, 6.07) is 12.1. The van der Waals surface area contributed by atoms with Gasteiger partial charge < -0.3 is 19.0 Å². The Hall–Kier alpha value is -2.93. The standard InChI is InChI=1S/C21H22N4O2S/c1-3-26-18-6-5-7-19(27-4-2)21(18)28-13-20-23-16-9-8-15(12-17(16)24-20)25-11-10-22-14-25/h5-12,14H,3-4,13H2,1-2H3,(H,23,24). The van der Waals surface area contributed by atoms with Crippen LogP contribution in [0.25, 0.3) is 16.7 Å². The third-order valence-corrected chi connectivity index (χ3v) is 5.32. The number of ether oxygens (including phenoxy) is 2. The first-order chi connectivity index (χ1) is 13.8. The molecule has 0 bridgehead atoms. The number of nitrogens with one attached hydrogen (secondary N) is 1. The molecule has 1 N–H and O–H groups in total. The predicted octanol–water partition coefficient (Wildman–Crippen LogP) is 4.84. The lowest BCUT2D eigenvalue weighted by molar-refractivity contribution is 0.308. The predicted molar refractivity (Wildman–Crippen MR) is 112 cm³/mol. The van der Waals surface area contributed by atoms with E-state index in [-0.39, 0.29) is 0 Å². The summed E-state index contributed by atoms with van der Waals surface area (Å²) < 4.78 is 13.6. The van der Waals surface area contributed by atoms with E-state index in [0.717, 1.165) is 38.9 Å². The molecule has 0 aliphatic rings. The van der Waals surface area contributed by atoms with E-state index in [2.05, 4.69) is 16.0 Å². The molecule has 0 saturated heterocycles. The molecule has 0 fully saturated rings. The van der Waals surface area contributed by atoms with E-state index in [1.165, 1.54) is 0 Å². The Kier molecular flexibility index (Phi) is 5.53. The lowest BCUT2D eigenvalue weighted by Gasteiger charge is -2.14. The molecule has 144 valence electrons. The van der Waals surface area contributed by atoms with Gasteiger partial charge in [0, 0.05) is 18.1 Å². The van der Waals surface area contributed by atoms with Gasteiger partial charge >= 0.3 is 0 Å². The molecular formula is C21H22N4O2S. The SMILES string of the molecule is CCOc1cccc(OCC)c1SCc1nc2ccc(-n3ccnc3)cc2[nH]1. The molecule has 0 atom stereocenters. The molecule has 0 saturated carbocycles. The number of thioether (sulfide) groups is 1. The highest BCUT2D eigenvalue weighted by Crippen LogP contribution is 2.39. The molecule has 0 aliphatic heterocycles. The molecule has 2 heterocycles. The Balaban J connectivity index is 1.57. The second-order valence-electron chi connectivity index (χ2n) is 6.09. The fraction of sp³-hybridized carbons (Fsp3) is 0.238. The molecule has 7 heteroatoms. The fourth-order valence-corrected chi connectivity index (χ4v) is 3.96. The molecule has 0 amide bonds. The summed E-state index contributed by atoms with van der Waals surface area (Å²) >= 11 is 1.66. The van der Waals surface area contributed by atoms with Crippen molar-refractivity contribution in [3.05, 3.63) is 60.9 Å². The molecule has 0 radical (unpaired) electrons. The minimum atomic E-state index is 0.616. The van der Waals surface area contributed by atoms with Crippen LogP contribution in [0.4, 0.5) is 0 Å². The van der Waals surface area contributed by atoms with Crippen LogP contribution in [0.5, 0.6) is 11.5 Å². The van der Waals surface area contributed by atoms with Crippen molar-refractivity contribution >= 4 is 22.8 Å². The summed E-state index contributed by atoms with van der Waals surface area (Å²) in [5.41, 5.74) is 3.00. The summed E-state index contributed by atoms with van der Waals surface area (Å²) in [4.78, 5) is 13.3. The number of hydrogen-bond donors (Lipinski definition) is 1. The van der Waals surface area contributed by atoms with Gasteiger partial charge in [-0.25, -0.2) is 9.97 Å². The van der Waals surface area contributed by atoms with E-state index in [0.29, 0.717) is 19.0 Å². The third kappa shape index (κ3) is 3.84. The molecule has 6 nitrogen and oxygen atoms in total. The van der Waals surface area contributed by atoms with Crippen molar-refractivity contribution in [2.75, 3.05) is 13.2 Å². The van der Waals surface area contributed by atoms with Gasteiger partial charge in [-0.15, -0.1) is 11.8 Å². The average Bonchev–Trinajstić information content (AvgIpc) is 3.37. The van der Waals surface area contributed by atoms with Crippen LogP contribution in [0.1, 0.15) is 19.7 Å². The zero-order chi connectivity index (χ0) is 19.3. The Bertz CT molecular complexity index is 1040. The monoisotopic (exact) mass is 394 g/mol. The number of benzene rings is 2. The topological polar surface area (TPSA) is 65.0 Å². The summed E-state index contributed by atoms with van der Waals surface area (Å²) in [5.74, 6) is 3.30. The van der Waals surface area contributed by atoms with Crippen LogP contribution in [0.15, 0.2) is 60.0 Å². The van der Waals surface area contributed by atoms with Crippen molar-refractivity contribution in [1.29, 1.82) is 0 Å². The number of hydrogen-bond acceptors (Lipinski definition) is 5. The number of aromatic amines is 1. The Labute approximate surface area is 167 Å². The van der Waals surface area contributed by atoms with Crippen molar-refractivity contribution in [2.24, 2.45) is 0 Å². The van der Waals surface area contributed by atoms with E-state index < -0.39 is 0 Å². The van der Waals surface area contributed by atoms with Gasteiger partial charge in [-0.05, 0) is 44.2 Å². The third-order valence-electron chi connectivity index (χ3n) is 4.21. The van der Waals surface area contributed by atoms with Crippen molar-refractivity contribution in [3.8, 4) is 17.2 Å². The average molecular weight is 394 g/mol. The van der Waals surface area contributed by atoms with Crippen LogP contribution in [-0.2, 0) is 5.75 Å². The van der Waals surface area contributed by atoms with E-state index in [1.807, 2.05) is 54.9 Å². The molecule has 2 aromatic carbocycles. The number of aromatic nitrogens is 4. The molecule has 4 rings (SSSR count). The van der Waals surface area contributed by atoms with Gasteiger partial charge in [0.05, 0.1) is 41.2 Å². The summed E-state index contributed by atoms with van der Waals surface area (Å²) in [6.45, 7) is 5.20. The largest absolute Gasteiger partial charge is 0.493 e. The summed E-state index contributed by atoms with van der Waals surface area (Å²) in [5, 5.41) is 0. The summed E-state index contributed by atoms with van der Waals surface area (Å²) in [7, 11) is 0. The zero-order valence-electron chi connectivity index (χ0n) is 15.9. The van der Waals surface area contributed by atoms with Crippen LogP contribution < -0.4 is 9.47 Å². The molecular weight excluding hydrogens is 372 g/mol. The highest BCUT2D eigenvalue weighted by atomic mass is 32.2. The maximum Gasteiger partial charge on any atom is 0.136 e. The second kappa shape index (κ2) is 8.39. The minimum absolute atomic E-state index is 0.616. The van der Waals surface area contributed by atoms with E-state index in [4.69, 9.17) is 14.5 Å². The molecule has 0 aliphatic carbocycles. The number of imidazole rings is 2. The number of rotatable bonds is 8. The van der Waals surface area contributed by atoms with Crippen molar-refractivity contribution in [2.45, 2.75) is 24.5 Å². The van der Waals surface area contributed by atoms with Crippen molar-refractivity contribution in [1.82, 2.24) is 19.5 Å². The Morgan fingerprint density at radius 3 is 2.54 bits per heavy atom. The molecule has 4 aromatic rings. The van der Waals surface area contributed by atoms with Crippen LogP contribution in [0.3, 0.4) is 0 Å². The molecule has 28 heavy (non-hydrogen) atoms. The van der Waals surface area contributed by atoms with Gasteiger partial charge in [0.2, 0.25) is 0 Å². The van der Waals surface area contributed by atoms with Gasteiger partial charge in [-0.2, -0.15) is 0 Å². The van der Waals surface area contributed by atoms with Gasteiger partial charge in [0.15, 0.2) is 0 Å². The van der Waals surface area contributed by atoms with Gasteiger partial charge in [0.25, 0.3) is 0 Å². The van der Waals surface area contributed by atoms with Gasteiger partial charge in [-0.3, -0.25) is 0 Å². The Morgan fingerprint density at radius 1 is 1.07 bits per heavy atom. The first-order valence-corrected chi connectivity index (χ1v) is 10.3. The van der Waals surface area contributed by atoms with Gasteiger partial charge in [-0.1, -0.05) is 6.07 Å². The van der Waals surface area contributed by atoms with E-state index >= 15 is 0 Å². The zero-order valence-corrected chi connectivity index (χ0v) is 16.7. The van der Waals surface area contributed by atoms with E-state index in [1.54, 1.807) is 24.3 Å². The van der Waals surface area contributed by atoms with Crippen LogP contribution in [0, 0.1) is 0 Å². The maximum atomic E-state index is 5.79. The number of H-pyrrole nitrogens is 1. The normalized spacial score (nSPS) is 11.1. The summed E-state index contributed by atoms with van der Waals surface area (Å²) in [6.07, 6.45) is 5.48. The Morgan fingerprint density at radius 2 is 1.86 bits per heavy atom. The smallest absolute Gasteiger partial charge is 0.136 e. The highest BCUT2D eigenvalue weighted by molar-refractivity contribution is 7.98. The van der Waals surface area contributed by atoms with Crippen molar-refractivity contribution < 1.29 is 9.47 Å². The van der Waals surface area contributed by atoms with Crippen molar-refractivity contribution in [3.63, 3.8) is 0 Å². The lowest BCUT2D eigenvalue weighted by atomic mass is 10.3. The maximum absolute atomic E-state index is 5.79. The fourth-order valence-electron chi connectivity index (χ4n) is 3.01. The second-order valence-corrected chi connectivity index (χ2v) is 7.08. The lowest BCUT2D eigenvalue weighted by Crippen LogP contribution is -1.98. The number of nitrogens with zero attached hydrogens (tertiary/aromatic N) is 3. The molecule has 0 unspecified atom stereocenters. The first kappa shape index (κ1) is 18.4. The van der Waals surface area contributed by atoms with Crippen LogP contribution >= 0.6 is 11.8 Å². The minimum Gasteiger partial charge on any atom is -0.493 e. The number of fused-ring (bicyclic) bond motifs is 1. The highest BCUT2D eigenvalue weighted by Gasteiger charge is 2.13. The first-order valence-electron chi connectivity index (χ1n) is 9.27. The quantitative estimate of drug-likeness (QED) is 0.433. The van der Waals surface area contributed by atoms with E-state index in [9.17, 15) is 0 Å². The van der Waals surface area contributed by atoms with Crippen LogP contribution in [0.2, 0.25) is 0 Å². The molecule has 0 spiro atoms. The van der Waals surface area contributed by atoms with Crippen LogP contribution in [-0.4, -0.2) is 32.7 Å². The van der Waals surface area contributed by atoms with Gasteiger partial charge in [0.1, 0.15) is 17.3 Å².